The Hall–Kier alpha value is -2.44. The topological polar surface area (TPSA) is 73.0 Å². The Morgan fingerprint density at radius 1 is 1.37 bits per heavy atom. The number of nitrogens with one attached hydrogen (secondary N) is 1. The zero-order valence-corrected chi connectivity index (χ0v) is 10.8. The maximum Gasteiger partial charge on any atom is 0.295 e. The first-order valence-electron chi connectivity index (χ1n) is 5.60. The lowest BCUT2D eigenvalue weighted by molar-refractivity contribution is -0.384. The van der Waals surface area contributed by atoms with Crippen LogP contribution < -0.4 is 5.32 Å². The van der Waals surface area contributed by atoms with E-state index in [-0.39, 0.29) is 11.4 Å². The van der Waals surface area contributed by atoms with E-state index in [0.717, 1.165) is 6.07 Å². The Morgan fingerprint density at radius 3 is 2.58 bits per heavy atom. The quantitative estimate of drug-likeness (QED) is 0.683. The molecule has 2 aromatic rings. The van der Waals surface area contributed by atoms with Gasteiger partial charge in [-0.15, -0.1) is 0 Å². The summed E-state index contributed by atoms with van der Waals surface area (Å²) in [4.78, 5) is 10.3. The highest BCUT2D eigenvalue weighted by molar-refractivity contribution is 5.71. The van der Waals surface area contributed by atoms with Crippen molar-refractivity contribution in [2.24, 2.45) is 7.05 Å². The van der Waals surface area contributed by atoms with Crippen molar-refractivity contribution in [1.82, 2.24) is 9.78 Å². The molecule has 0 bridgehead atoms. The molecule has 1 N–H and O–H groups in total. The van der Waals surface area contributed by atoms with Gasteiger partial charge in [-0.05, 0) is 25.5 Å². The van der Waals surface area contributed by atoms with Crippen LogP contribution in [0.1, 0.15) is 11.3 Å². The van der Waals surface area contributed by atoms with Crippen LogP contribution in [0.15, 0.2) is 18.3 Å². The van der Waals surface area contributed by atoms with Crippen LogP contribution in [-0.2, 0) is 7.05 Å². The number of aryl methyl sites for hydroxylation is 3. The lowest BCUT2D eigenvalue weighted by atomic mass is 10.1. The third-order valence-corrected chi connectivity index (χ3v) is 2.76. The molecule has 1 heterocycles. The number of rotatable bonds is 3. The summed E-state index contributed by atoms with van der Waals surface area (Å²) in [6, 6.07) is 2.34. The molecule has 0 spiro atoms. The number of halogens is 1. The highest BCUT2D eigenvalue weighted by Crippen LogP contribution is 2.30. The van der Waals surface area contributed by atoms with E-state index in [2.05, 4.69) is 10.4 Å². The molecule has 0 amide bonds. The molecule has 1 aromatic heterocycles. The lowest BCUT2D eigenvalue weighted by Gasteiger charge is -2.07. The van der Waals surface area contributed by atoms with Crippen LogP contribution in [0.25, 0.3) is 0 Å². The number of nitro benzene ring substituents is 1. The van der Waals surface area contributed by atoms with Crippen molar-refractivity contribution >= 4 is 17.1 Å². The predicted octanol–water partition coefficient (Wildman–Crippen LogP) is 2.83. The van der Waals surface area contributed by atoms with Crippen molar-refractivity contribution in [2.45, 2.75) is 13.8 Å². The minimum atomic E-state index is -0.615. The van der Waals surface area contributed by atoms with E-state index in [1.165, 1.54) is 6.07 Å². The van der Waals surface area contributed by atoms with Gasteiger partial charge in [0.2, 0.25) is 0 Å². The second-order valence-corrected chi connectivity index (χ2v) is 4.30. The summed E-state index contributed by atoms with van der Waals surface area (Å²) < 4.78 is 15.0. The molecule has 2 rings (SSSR count). The van der Waals surface area contributed by atoms with E-state index in [1.807, 2.05) is 0 Å². The molecule has 0 fully saturated rings. The average molecular weight is 264 g/mol. The molecular formula is C12H13FN4O2. The van der Waals surface area contributed by atoms with Crippen molar-refractivity contribution in [3.63, 3.8) is 0 Å². The van der Waals surface area contributed by atoms with Crippen LogP contribution in [0, 0.1) is 29.8 Å². The summed E-state index contributed by atoms with van der Waals surface area (Å²) in [5, 5.41) is 18.0. The van der Waals surface area contributed by atoms with Crippen LogP contribution >= 0.6 is 0 Å². The molecule has 100 valence electrons. The number of nitro groups is 1. The Bertz CT molecular complexity index is 651. The molecule has 1 aromatic carbocycles. The summed E-state index contributed by atoms with van der Waals surface area (Å²) in [6.45, 7) is 3.34. The van der Waals surface area contributed by atoms with Crippen molar-refractivity contribution in [1.29, 1.82) is 0 Å². The molecule has 0 aliphatic rings. The smallest absolute Gasteiger partial charge is 0.295 e. The Morgan fingerprint density at radius 2 is 2.05 bits per heavy atom. The van der Waals surface area contributed by atoms with Gasteiger partial charge in [0, 0.05) is 13.2 Å². The van der Waals surface area contributed by atoms with Gasteiger partial charge in [-0.1, -0.05) is 0 Å². The number of nitrogens with zero attached hydrogens (tertiary/aromatic N) is 3. The van der Waals surface area contributed by atoms with E-state index in [0.29, 0.717) is 16.9 Å². The molecule has 0 saturated heterocycles. The van der Waals surface area contributed by atoms with Crippen LogP contribution in [-0.4, -0.2) is 14.7 Å². The van der Waals surface area contributed by atoms with E-state index in [4.69, 9.17) is 0 Å². The van der Waals surface area contributed by atoms with Gasteiger partial charge in [0.05, 0.1) is 22.4 Å². The average Bonchev–Trinajstić information content (AvgIpc) is 2.62. The maximum absolute atomic E-state index is 13.4. The van der Waals surface area contributed by atoms with Crippen molar-refractivity contribution in [3.05, 3.63) is 45.5 Å². The van der Waals surface area contributed by atoms with E-state index in [1.54, 1.807) is 31.8 Å². The molecule has 0 radical (unpaired) electrons. The van der Waals surface area contributed by atoms with Crippen LogP contribution in [0.4, 0.5) is 21.5 Å². The largest absolute Gasteiger partial charge is 0.347 e. The van der Waals surface area contributed by atoms with Gasteiger partial charge in [-0.3, -0.25) is 14.8 Å². The van der Waals surface area contributed by atoms with Gasteiger partial charge in [-0.25, -0.2) is 4.39 Å². The lowest BCUT2D eigenvalue weighted by Crippen LogP contribution is -1.99. The van der Waals surface area contributed by atoms with Gasteiger partial charge in [0.15, 0.2) is 0 Å². The minimum absolute atomic E-state index is 0.250. The normalized spacial score (nSPS) is 10.5. The van der Waals surface area contributed by atoms with E-state index in [9.17, 15) is 14.5 Å². The zero-order valence-electron chi connectivity index (χ0n) is 10.8. The third-order valence-electron chi connectivity index (χ3n) is 2.76. The number of hydrogen-bond acceptors (Lipinski definition) is 4. The standard InChI is InChI=1S/C12H13FN4O2/c1-7-4-10(12(17(18)19)5-9(7)13)14-11-6-16(3)15-8(11)2/h4-6,14H,1-3H3. The molecule has 0 aliphatic heterocycles. The maximum atomic E-state index is 13.4. The summed E-state index contributed by atoms with van der Waals surface area (Å²) in [5.74, 6) is -0.597. The molecule has 6 nitrogen and oxygen atoms in total. The monoisotopic (exact) mass is 264 g/mol. The number of aromatic nitrogens is 2. The van der Waals surface area contributed by atoms with Crippen molar-refractivity contribution < 1.29 is 9.31 Å². The number of hydrogen-bond donors (Lipinski definition) is 1. The zero-order chi connectivity index (χ0) is 14.2. The summed E-state index contributed by atoms with van der Waals surface area (Å²) in [6.07, 6.45) is 1.71. The Kier molecular flexibility index (Phi) is 3.20. The fraction of sp³-hybridized carbons (Fsp3) is 0.250. The second kappa shape index (κ2) is 4.68. The first-order valence-corrected chi connectivity index (χ1v) is 5.60. The highest BCUT2D eigenvalue weighted by Gasteiger charge is 2.18. The fourth-order valence-corrected chi connectivity index (χ4v) is 1.79. The molecular weight excluding hydrogens is 251 g/mol. The summed E-state index contributed by atoms with van der Waals surface area (Å²) >= 11 is 0. The Balaban J connectivity index is 2.47. The van der Waals surface area contributed by atoms with Crippen LogP contribution in [0.2, 0.25) is 0 Å². The third kappa shape index (κ3) is 2.54. The fourth-order valence-electron chi connectivity index (χ4n) is 1.79. The summed E-state index contributed by atoms with van der Waals surface area (Å²) in [7, 11) is 1.75. The molecule has 0 aliphatic carbocycles. The van der Waals surface area contributed by atoms with Crippen LogP contribution in [0.5, 0.6) is 0 Å². The number of benzene rings is 1. The molecule has 0 unspecified atom stereocenters. The van der Waals surface area contributed by atoms with Gasteiger partial charge >= 0.3 is 0 Å². The molecule has 19 heavy (non-hydrogen) atoms. The van der Waals surface area contributed by atoms with Crippen LogP contribution in [0.3, 0.4) is 0 Å². The van der Waals surface area contributed by atoms with Gasteiger partial charge in [0.25, 0.3) is 5.69 Å². The number of anilines is 2. The second-order valence-electron chi connectivity index (χ2n) is 4.30. The minimum Gasteiger partial charge on any atom is -0.347 e. The van der Waals surface area contributed by atoms with Gasteiger partial charge < -0.3 is 5.32 Å². The SMILES string of the molecule is Cc1cc(Nc2cn(C)nc2C)c([N+](=O)[O-])cc1F. The Labute approximate surface area is 109 Å². The highest BCUT2D eigenvalue weighted by atomic mass is 19.1. The summed E-state index contributed by atoms with van der Waals surface area (Å²) in [5.41, 5.74) is 1.65. The molecule has 0 atom stereocenters. The van der Waals surface area contributed by atoms with Crippen molar-refractivity contribution in [3.8, 4) is 0 Å². The van der Waals surface area contributed by atoms with E-state index >= 15 is 0 Å². The molecule has 7 heteroatoms. The van der Waals surface area contributed by atoms with Crippen molar-refractivity contribution in [2.75, 3.05) is 5.32 Å². The van der Waals surface area contributed by atoms with E-state index < -0.39 is 10.7 Å². The first kappa shape index (κ1) is 13.0. The van der Waals surface area contributed by atoms with Gasteiger partial charge in [-0.2, -0.15) is 5.10 Å². The predicted molar refractivity (Wildman–Crippen MR) is 69.0 cm³/mol. The van der Waals surface area contributed by atoms with Gasteiger partial charge in [0.1, 0.15) is 11.5 Å². The first-order chi connectivity index (χ1) is 8.88. The molecule has 0 saturated carbocycles.